The predicted molar refractivity (Wildman–Crippen MR) is 166 cm³/mol. The largest absolute Gasteiger partial charge is 0.454 e. The Morgan fingerprint density at radius 1 is 1.09 bits per heavy atom. The summed E-state index contributed by atoms with van der Waals surface area (Å²) in [6, 6.07) is 12.8. The third-order valence-electron chi connectivity index (χ3n) is 8.95. The second-order valence-electron chi connectivity index (χ2n) is 13.1. The zero-order chi connectivity index (χ0) is 33.0. The first-order valence-electron chi connectivity index (χ1n) is 15.6. The summed E-state index contributed by atoms with van der Waals surface area (Å²) in [5.41, 5.74) is -1.60. The first-order valence-corrected chi connectivity index (χ1v) is 17.1. The maximum atomic E-state index is 14.0. The smallest absolute Gasteiger partial charge is 0.409 e. The highest BCUT2D eigenvalue weighted by Gasteiger charge is 2.47. The van der Waals surface area contributed by atoms with E-state index in [2.05, 4.69) is 15.2 Å². The van der Waals surface area contributed by atoms with Gasteiger partial charge in [-0.25, -0.2) is 13.2 Å². The van der Waals surface area contributed by atoms with Crippen LogP contribution in [0.2, 0.25) is 0 Å². The number of nitroso groups, excluding NO2 is 1. The van der Waals surface area contributed by atoms with E-state index >= 15 is 0 Å². The van der Waals surface area contributed by atoms with Crippen LogP contribution in [0.4, 0.5) is 4.79 Å². The van der Waals surface area contributed by atoms with Gasteiger partial charge in [0, 0.05) is 12.5 Å². The fourth-order valence-electron chi connectivity index (χ4n) is 6.08. The second kappa shape index (κ2) is 14.2. The minimum Gasteiger partial charge on any atom is -0.454 e. The van der Waals surface area contributed by atoms with E-state index in [1.165, 1.54) is 18.2 Å². The molecule has 3 N–H and O–H groups in total. The van der Waals surface area contributed by atoms with Gasteiger partial charge in [0.2, 0.25) is 16.8 Å². The number of amides is 1. The van der Waals surface area contributed by atoms with Crippen molar-refractivity contribution in [2.24, 2.45) is 16.5 Å². The monoisotopic (exact) mass is 661 g/mol. The van der Waals surface area contributed by atoms with Gasteiger partial charge in [0.1, 0.15) is 11.8 Å². The van der Waals surface area contributed by atoms with E-state index in [1.54, 1.807) is 31.2 Å². The third kappa shape index (κ3) is 8.15. The molecular weight excluding hydrogens is 618 g/mol. The van der Waals surface area contributed by atoms with Crippen LogP contribution in [0.5, 0.6) is 11.5 Å². The molecular formula is C32H43N3O10S. The van der Waals surface area contributed by atoms with Crippen molar-refractivity contribution in [2.45, 2.75) is 94.4 Å². The number of alkyl carbamates (subject to hydrolysis) is 1. The molecule has 3 aliphatic rings. The highest BCUT2D eigenvalue weighted by atomic mass is 32.2. The topological polar surface area (TPSA) is 171 Å². The Labute approximate surface area is 269 Å². The van der Waals surface area contributed by atoms with Gasteiger partial charge in [-0.2, -0.15) is 9.63 Å². The Kier molecular flexibility index (Phi) is 10.5. The summed E-state index contributed by atoms with van der Waals surface area (Å²) in [6.45, 7) is 6.36. The normalized spacial score (nSPS) is 23.3. The molecule has 252 valence electrons. The van der Waals surface area contributed by atoms with Crippen molar-refractivity contribution < 1.29 is 42.0 Å². The number of nitrogens with one attached hydrogen (secondary N) is 2. The summed E-state index contributed by atoms with van der Waals surface area (Å²) in [5.74, 6) is 0.527. The average molecular weight is 662 g/mol. The summed E-state index contributed by atoms with van der Waals surface area (Å²) in [6.07, 6.45) is -1.03. The number of hydrogen-bond acceptors (Lipinski definition) is 11. The van der Waals surface area contributed by atoms with Crippen LogP contribution in [-0.2, 0) is 30.7 Å². The molecule has 0 saturated carbocycles. The number of aliphatic hydroxyl groups is 1. The van der Waals surface area contributed by atoms with E-state index in [0.717, 1.165) is 0 Å². The SMILES string of the molecule is CC(CCC(C)(C)CC[C@@H](O)[C@@](Cc1ccccc1)(NC(=O)O[C@H]1CO[C@H]2OCC[C@H]21)NS(=O)(=O)c1ccc2c(c1)OCO2)N=O. The van der Waals surface area contributed by atoms with Gasteiger partial charge in [-0.1, -0.05) is 49.4 Å². The van der Waals surface area contributed by atoms with E-state index in [9.17, 15) is 23.2 Å². The molecule has 0 radical (unpaired) electrons. The number of hydrogen-bond donors (Lipinski definition) is 3. The Hall–Kier alpha value is -3.30. The van der Waals surface area contributed by atoms with Crippen molar-refractivity contribution in [1.29, 1.82) is 0 Å². The van der Waals surface area contributed by atoms with Crippen molar-refractivity contribution in [2.75, 3.05) is 20.0 Å². The molecule has 6 atom stereocenters. The minimum atomic E-state index is -4.38. The van der Waals surface area contributed by atoms with Gasteiger partial charge in [0.05, 0.1) is 36.2 Å². The molecule has 0 spiro atoms. The lowest BCUT2D eigenvalue weighted by atomic mass is 9.79. The molecule has 5 rings (SSSR count). The summed E-state index contributed by atoms with van der Waals surface area (Å²) in [4.78, 5) is 24.5. The van der Waals surface area contributed by atoms with Gasteiger partial charge in [-0.15, -0.1) is 0 Å². The molecule has 0 aliphatic carbocycles. The fourth-order valence-corrected chi connectivity index (χ4v) is 7.45. The van der Waals surface area contributed by atoms with Gasteiger partial charge in [0.25, 0.3) is 0 Å². The first kappa shape index (κ1) is 34.0. The summed E-state index contributed by atoms with van der Waals surface area (Å²) in [5, 5.41) is 17.8. The number of carbonyl (C=O) groups is 1. The first-order chi connectivity index (χ1) is 21.9. The summed E-state index contributed by atoms with van der Waals surface area (Å²) >= 11 is 0. The lowest BCUT2D eigenvalue weighted by Gasteiger charge is -2.40. The standard InChI is InChI=1S/C32H43N3O10S/c1-21(34-38)11-14-31(2,3)15-12-28(36)32(18-22-7-5-4-6-8-22,33-30(37)45-27-19-42-29-24(27)13-16-41-29)35-46(39,40)23-9-10-25-26(17-23)44-20-43-25/h4-10,17,21,24,27-29,35-36H,11-16,18-20H2,1-3H3,(H,33,37)/t21?,24-,27-,28+,29+,32-/m0/s1. The quantitative estimate of drug-likeness (QED) is 0.185. The van der Waals surface area contributed by atoms with Crippen LogP contribution in [0, 0.1) is 16.2 Å². The van der Waals surface area contributed by atoms with Gasteiger partial charge in [-0.3, -0.25) is 5.32 Å². The van der Waals surface area contributed by atoms with E-state index in [0.29, 0.717) is 43.6 Å². The third-order valence-corrected chi connectivity index (χ3v) is 10.5. The molecule has 2 fully saturated rings. The molecule has 2 saturated heterocycles. The molecule has 1 amide bonds. The van der Waals surface area contributed by atoms with Gasteiger partial charge in [0.15, 0.2) is 17.8 Å². The molecule has 3 aliphatic heterocycles. The number of carbonyl (C=O) groups excluding carboxylic acids is 1. The number of aliphatic hydroxyl groups excluding tert-OH is 1. The van der Waals surface area contributed by atoms with Crippen LogP contribution in [0.15, 0.2) is 58.6 Å². The highest BCUT2D eigenvalue weighted by molar-refractivity contribution is 7.89. The zero-order valence-corrected chi connectivity index (χ0v) is 27.2. The molecule has 46 heavy (non-hydrogen) atoms. The van der Waals surface area contributed by atoms with Crippen molar-refractivity contribution >= 4 is 16.1 Å². The number of ether oxygens (including phenoxy) is 5. The number of benzene rings is 2. The second-order valence-corrected chi connectivity index (χ2v) is 14.7. The molecule has 0 bridgehead atoms. The molecule has 14 heteroatoms. The molecule has 2 aromatic rings. The van der Waals surface area contributed by atoms with Crippen molar-refractivity contribution in [3.63, 3.8) is 0 Å². The molecule has 2 aromatic carbocycles. The molecule has 1 unspecified atom stereocenters. The molecule has 0 aromatic heterocycles. The lowest BCUT2D eigenvalue weighted by Crippen LogP contribution is -2.68. The van der Waals surface area contributed by atoms with Crippen molar-refractivity contribution in [3.8, 4) is 11.5 Å². The fraction of sp³-hybridized carbons (Fsp3) is 0.594. The van der Waals surface area contributed by atoms with E-state index in [1.807, 2.05) is 19.9 Å². The van der Waals surface area contributed by atoms with Gasteiger partial charge in [-0.05, 0) is 62.1 Å². The summed E-state index contributed by atoms with van der Waals surface area (Å²) in [7, 11) is -4.38. The maximum absolute atomic E-state index is 14.0. The number of sulfonamides is 1. The number of nitrogens with zero attached hydrogens (tertiary/aromatic N) is 1. The highest BCUT2D eigenvalue weighted by Crippen LogP contribution is 2.36. The van der Waals surface area contributed by atoms with Crippen LogP contribution in [0.25, 0.3) is 0 Å². The Morgan fingerprint density at radius 2 is 1.83 bits per heavy atom. The molecule has 13 nitrogen and oxygen atoms in total. The number of fused-ring (bicyclic) bond motifs is 2. The average Bonchev–Trinajstić information content (AvgIpc) is 3.77. The van der Waals surface area contributed by atoms with Crippen LogP contribution < -0.4 is 19.5 Å². The van der Waals surface area contributed by atoms with Crippen LogP contribution >= 0.6 is 0 Å². The van der Waals surface area contributed by atoms with E-state index in [4.69, 9.17) is 23.7 Å². The van der Waals surface area contributed by atoms with Crippen molar-refractivity contribution in [3.05, 3.63) is 59.0 Å². The van der Waals surface area contributed by atoms with Gasteiger partial charge >= 0.3 is 6.09 Å². The predicted octanol–water partition coefficient (Wildman–Crippen LogP) is 4.22. The maximum Gasteiger partial charge on any atom is 0.409 e. The van der Waals surface area contributed by atoms with Crippen LogP contribution in [0.3, 0.4) is 0 Å². The lowest BCUT2D eigenvalue weighted by molar-refractivity contribution is -0.0907. The van der Waals surface area contributed by atoms with Crippen LogP contribution in [-0.4, -0.2) is 69.8 Å². The minimum absolute atomic E-state index is 0.0361. The Morgan fingerprint density at radius 3 is 2.59 bits per heavy atom. The number of rotatable bonds is 15. The van der Waals surface area contributed by atoms with Crippen molar-refractivity contribution in [1.82, 2.24) is 10.0 Å². The molecule has 3 heterocycles. The Bertz CT molecular complexity index is 1470. The van der Waals surface area contributed by atoms with E-state index in [-0.39, 0.29) is 54.3 Å². The Balaban J connectivity index is 1.46. The van der Waals surface area contributed by atoms with E-state index < -0.39 is 40.3 Å². The summed E-state index contributed by atoms with van der Waals surface area (Å²) < 4.78 is 58.5. The van der Waals surface area contributed by atoms with Crippen LogP contribution in [0.1, 0.15) is 58.4 Å². The van der Waals surface area contributed by atoms with Gasteiger partial charge < -0.3 is 28.8 Å². The zero-order valence-electron chi connectivity index (χ0n) is 26.3.